The van der Waals surface area contributed by atoms with Crippen molar-refractivity contribution < 1.29 is 7.96 Å². The molecule has 0 bridgehead atoms. The van der Waals surface area contributed by atoms with Crippen molar-refractivity contribution in [3.63, 3.8) is 0 Å². The second kappa shape index (κ2) is 6.37. The molecule has 0 aliphatic heterocycles. The monoisotopic (exact) mass is 380 g/mol. The van der Waals surface area contributed by atoms with Crippen molar-refractivity contribution in [3.05, 3.63) is 77.1 Å². The minimum absolute atomic E-state index is 0. The van der Waals surface area contributed by atoms with Gasteiger partial charge in [-0.1, -0.05) is 41.9 Å². The Kier molecular flexibility index (Phi) is 3.85. The van der Waals surface area contributed by atoms with Gasteiger partial charge in [0.1, 0.15) is 11.5 Å². The minimum Gasteiger partial charge on any atom is -0.390 e. The van der Waals surface area contributed by atoms with E-state index in [1.807, 2.05) is 42.6 Å². The van der Waals surface area contributed by atoms with Crippen LogP contribution in [0.4, 0.5) is 5.82 Å². The third-order valence-corrected chi connectivity index (χ3v) is 5.24. The van der Waals surface area contributed by atoms with Gasteiger partial charge in [0.2, 0.25) is 0 Å². The lowest BCUT2D eigenvalue weighted by molar-refractivity contribution is 0.165. The minimum atomic E-state index is -0.469. The molecule has 3 aromatic heterocycles. The molecule has 2 atom stereocenters. The van der Waals surface area contributed by atoms with E-state index in [4.69, 9.17) is 16.6 Å². The predicted octanol–water partition coefficient (Wildman–Crippen LogP) is 4.84. The van der Waals surface area contributed by atoms with Gasteiger partial charge in [0.05, 0.1) is 22.9 Å². The molecule has 0 radical (unpaired) electrons. The van der Waals surface area contributed by atoms with Gasteiger partial charge in [0.15, 0.2) is 0 Å². The van der Waals surface area contributed by atoms with Crippen molar-refractivity contribution in [2.24, 2.45) is 0 Å². The summed E-state index contributed by atoms with van der Waals surface area (Å²) >= 11 is 6.11. The van der Waals surface area contributed by atoms with Crippen LogP contribution in [0.2, 0.25) is 5.02 Å². The Hall–Kier alpha value is -2.89. The molecule has 138 valence electrons. The third kappa shape index (κ3) is 2.85. The number of benzene rings is 1. The van der Waals surface area contributed by atoms with E-state index in [1.165, 1.54) is 5.56 Å². The Morgan fingerprint density at radius 1 is 1.19 bits per heavy atom. The van der Waals surface area contributed by atoms with Crippen LogP contribution in [0.15, 0.2) is 60.9 Å². The summed E-state index contributed by atoms with van der Waals surface area (Å²) in [5.41, 5.74) is 4.83. The standard InChI is InChI=1S/C21H17ClN4O.2H2/c22-13-9-15-16(11-24-21(15)23-10-13)17-6-3-7-19(25-17)26-20-14-5-2-1-4-12(14)8-18(20)27;;/h1-7,9-11,18,20,27H,8H2,(H,23,24)(H,25,26);2*1H/t18-,20+;;/m0../s1. The largest absolute Gasteiger partial charge is 0.390 e. The molecular formula is C21H21ClN4O. The van der Waals surface area contributed by atoms with Gasteiger partial charge in [-0.3, -0.25) is 0 Å². The molecule has 6 heteroatoms. The summed E-state index contributed by atoms with van der Waals surface area (Å²) in [6, 6.07) is 15.7. The number of nitrogens with one attached hydrogen (secondary N) is 2. The quantitative estimate of drug-likeness (QED) is 0.475. The van der Waals surface area contributed by atoms with Gasteiger partial charge >= 0.3 is 0 Å². The van der Waals surface area contributed by atoms with Gasteiger partial charge in [-0.15, -0.1) is 0 Å². The molecule has 1 aliphatic carbocycles. The van der Waals surface area contributed by atoms with E-state index in [-0.39, 0.29) is 8.90 Å². The Balaban J connectivity index is 0.00000120. The normalized spacial score (nSPS) is 18.6. The number of rotatable bonds is 3. The van der Waals surface area contributed by atoms with Gasteiger partial charge in [-0.25, -0.2) is 9.97 Å². The fraction of sp³-hybridized carbons (Fsp3) is 0.143. The maximum absolute atomic E-state index is 10.5. The number of aliphatic hydroxyl groups excluding tert-OH is 1. The average molecular weight is 381 g/mol. The molecule has 1 aliphatic rings. The lowest BCUT2D eigenvalue weighted by Crippen LogP contribution is -2.21. The fourth-order valence-corrected chi connectivity index (χ4v) is 3.92. The molecule has 0 saturated carbocycles. The second-order valence-corrected chi connectivity index (χ2v) is 7.19. The van der Waals surface area contributed by atoms with Gasteiger partial charge in [0.25, 0.3) is 0 Å². The van der Waals surface area contributed by atoms with Gasteiger partial charge in [-0.05, 0) is 29.3 Å². The van der Waals surface area contributed by atoms with Gasteiger partial charge in [-0.2, -0.15) is 0 Å². The molecule has 3 N–H and O–H groups in total. The first-order chi connectivity index (χ1) is 13.2. The van der Waals surface area contributed by atoms with Crippen LogP contribution in [0, 0.1) is 0 Å². The van der Waals surface area contributed by atoms with Crippen molar-refractivity contribution in [1.82, 2.24) is 15.0 Å². The van der Waals surface area contributed by atoms with Gasteiger partial charge in [0, 0.05) is 32.6 Å². The van der Waals surface area contributed by atoms with Crippen molar-refractivity contribution in [3.8, 4) is 11.3 Å². The van der Waals surface area contributed by atoms with Crippen LogP contribution in [-0.2, 0) is 6.42 Å². The van der Waals surface area contributed by atoms with E-state index in [9.17, 15) is 5.11 Å². The number of aromatic amines is 1. The molecule has 4 aromatic rings. The van der Waals surface area contributed by atoms with Crippen LogP contribution in [0.1, 0.15) is 20.0 Å². The zero-order valence-corrected chi connectivity index (χ0v) is 15.1. The SMILES string of the molecule is O[C@H]1Cc2ccccc2[C@H]1Nc1cccc(-c2c[nH]c3ncc(Cl)cc23)n1.[HH].[HH]. The topological polar surface area (TPSA) is 73.8 Å². The number of halogens is 1. The number of pyridine rings is 2. The maximum atomic E-state index is 10.5. The summed E-state index contributed by atoms with van der Waals surface area (Å²) < 4.78 is 0. The van der Waals surface area contributed by atoms with Crippen LogP contribution in [-0.4, -0.2) is 26.2 Å². The molecule has 3 heterocycles. The molecular weight excluding hydrogens is 360 g/mol. The number of hydrogen-bond donors (Lipinski definition) is 3. The van der Waals surface area contributed by atoms with E-state index < -0.39 is 6.10 Å². The summed E-state index contributed by atoms with van der Waals surface area (Å²) in [5, 5.41) is 15.4. The van der Waals surface area contributed by atoms with Crippen LogP contribution in [0.25, 0.3) is 22.3 Å². The number of fused-ring (bicyclic) bond motifs is 2. The number of aliphatic hydroxyl groups is 1. The first-order valence-corrected chi connectivity index (χ1v) is 9.19. The highest BCUT2D eigenvalue weighted by molar-refractivity contribution is 6.31. The zero-order chi connectivity index (χ0) is 18.4. The molecule has 0 unspecified atom stereocenters. The average Bonchev–Trinajstić information content (AvgIpc) is 3.23. The highest BCUT2D eigenvalue weighted by Gasteiger charge is 2.30. The molecule has 0 spiro atoms. The smallest absolute Gasteiger partial charge is 0.138 e. The number of nitrogens with zero attached hydrogens (tertiary/aromatic N) is 2. The number of H-pyrrole nitrogens is 1. The first kappa shape index (κ1) is 16.3. The highest BCUT2D eigenvalue weighted by Crippen LogP contribution is 2.34. The highest BCUT2D eigenvalue weighted by atomic mass is 35.5. The lowest BCUT2D eigenvalue weighted by atomic mass is 10.1. The molecule has 5 rings (SSSR count). The van der Waals surface area contributed by atoms with Crippen molar-refractivity contribution in [2.45, 2.75) is 18.6 Å². The third-order valence-electron chi connectivity index (χ3n) is 5.03. The van der Waals surface area contributed by atoms with Crippen LogP contribution in [0.3, 0.4) is 0 Å². The van der Waals surface area contributed by atoms with Crippen molar-refractivity contribution >= 4 is 28.5 Å². The summed E-state index contributed by atoms with van der Waals surface area (Å²) in [6.45, 7) is 0. The summed E-state index contributed by atoms with van der Waals surface area (Å²) in [5.74, 6) is 0.720. The molecule has 27 heavy (non-hydrogen) atoms. The second-order valence-electron chi connectivity index (χ2n) is 6.75. The van der Waals surface area contributed by atoms with E-state index in [0.717, 1.165) is 33.7 Å². The molecule has 5 nitrogen and oxygen atoms in total. The molecule has 1 aromatic carbocycles. The summed E-state index contributed by atoms with van der Waals surface area (Å²) in [4.78, 5) is 12.2. The van der Waals surface area contributed by atoms with Crippen molar-refractivity contribution in [1.29, 1.82) is 0 Å². The van der Waals surface area contributed by atoms with E-state index in [2.05, 4.69) is 27.4 Å². The molecule has 0 amide bonds. The predicted molar refractivity (Wildman–Crippen MR) is 111 cm³/mol. The number of hydrogen-bond acceptors (Lipinski definition) is 4. The van der Waals surface area contributed by atoms with E-state index >= 15 is 0 Å². The zero-order valence-electron chi connectivity index (χ0n) is 14.4. The molecule has 0 fully saturated rings. The van der Waals surface area contributed by atoms with E-state index in [1.54, 1.807) is 6.20 Å². The fourth-order valence-electron chi connectivity index (χ4n) is 3.76. The Bertz CT molecular complexity index is 1150. The van der Waals surface area contributed by atoms with E-state index in [0.29, 0.717) is 11.4 Å². The Labute approximate surface area is 164 Å². The number of anilines is 1. The summed E-state index contributed by atoms with van der Waals surface area (Å²) in [7, 11) is 0. The Morgan fingerprint density at radius 3 is 3.00 bits per heavy atom. The molecule has 0 saturated heterocycles. The maximum Gasteiger partial charge on any atom is 0.138 e. The lowest BCUT2D eigenvalue weighted by Gasteiger charge is -2.19. The summed E-state index contributed by atoms with van der Waals surface area (Å²) in [6.07, 6.45) is 3.69. The van der Waals surface area contributed by atoms with Crippen LogP contribution < -0.4 is 5.32 Å². The van der Waals surface area contributed by atoms with Crippen molar-refractivity contribution in [2.75, 3.05) is 5.32 Å². The first-order valence-electron chi connectivity index (χ1n) is 8.81. The van der Waals surface area contributed by atoms with Crippen LogP contribution in [0.5, 0.6) is 0 Å². The number of aromatic nitrogens is 3. The van der Waals surface area contributed by atoms with Crippen LogP contribution >= 0.6 is 11.6 Å². The van der Waals surface area contributed by atoms with Gasteiger partial charge < -0.3 is 15.4 Å². The Morgan fingerprint density at radius 2 is 2.07 bits per heavy atom.